The topological polar surface area (TPSA) is 88.9 Å². The lowest BCUT2D eigenvalue weighted by atomic mass is 10.0. The highest BCUT2D eigenvalue weighted by molar-refractivity contribution is 6.02. The van der Waals surface area contributed by atoms with Crippen LogP contribution in [-0.4, -0.2) is 32.1 Å². The van der Waals surface area contributed by atoms with Crippen LogP contribution in [0.3, 0.4) is 0 Å². The summed E-state index contributed by atoms with van der Waals surface area (Å²) in [6.45, 7) is 3.20. The highest BCUT2D eigenvalue weighted by atomic mass is 19.4. The summed E-state index contributed by atoms with van der Waals surface area (Å²) in [6.07, 6.45) is -4.53. The number of nitrogens with zero attached hydrogens (tertiary/aromatic N) is 3. The molecule has 4 aromatic rings. The zero-order chi connectivity index (χ0) is 27.5. The summed E-state index contributed by atoms with van der Waals surface area (Å²) >= 11 is 0. The number of carbonyl (C=O) groups excluding carboxylic acids is 2. The first-order valence-electron chi connectivity index (χ1n) is 11.5. The van der Waals surface area contributed by atoms with Gasteiger partial charge >= 0.3 is 6.18 Å². The Kier molecular flexibility index (Phi) is 7.29. The maximum absolute atomic E-state index is 13.5. The van der Waals surface area contributed by atoms with Crippen LogP contribution in [0.1, 0.15) is 35.3 Å². The van der Waals surface area contributed by atoms with Gasteiger partial charge in [0.25, 0.3) is 11.8 Å². The van der Waals surface area contributed by atoms with E-state index >= 15 is 0 Å². The lowest BCUT2D eigenvalue weighted by molar-refractivity contribution is -0.137. The monoisotopic (exact) mass is 525 g/mol. The Balaban J connectivity index is 1.53. The number of aromatic nitrogens is 3. The number of amides is 2. The summed E-state index contributed by atoms with van der Waals surface area (Å²) in [6, 6.07) is 18.7. The molecule has 0 unspecified atom stereocenters. The van der Waals surface area contributed by atoms with Crippen LogP contribution in [0.15, 0.2) is 78.9 Å². The summed E-state index contributed by atoms with van der Waals surface area (Å²) in [5.41, 5.74) is -0.906. The van der Waals surface area contributed by atoms with Crippen molar-refractivity contribution in [2.24, 2.45) is 0 Å². The van der Waals surface area contributed by atoms with Crippen molar-refractivity contribution in [3.63, 3.8) is 0 Å². The molecule has 0 bridgehead atoms. The Labute approximate surface area is 215 Å². The molecule has 0 aliphatic heterocycles. The molecule has 11 heteroatoms. The lowest BCUT2D eigenvalue weighted by Gasteiger charge is -2.24. The van der Waals surface area contributed by atoms with Gasteiger partial charge in [0, 0.05) is 11.1 Å². The van der Waals surface area contributed by atoms with Crippen molar-refractivity contribution >= 4 is 17.8 Å². The molecule has 38 heavy (non-hydrogen) atoms. The summed E-state index contributed by atoms with van der Waals surface area (Å²) in [5, 5.41) is 9.48. The third-order valence-corrected chi connectivity index (χ3v) is 5.64. The summed E-state index contributed by atoms with van der Waals surface area (Å²) in [5.74, 6) is -1.45. The Morgan fingerprint density at radius 2 is 1.53 bits per heavy atom. The van der Waals surface area contributed by atoms with Gasteiger partial charge in [0.2, 0.25) is 5.95 Å². The molecule has 0 saturated carbocycles. The number of carbonyl (C=O) groups is 2. The molecule has 4 rings (SSSR count). The predicted octanol–water partition coefficient (Wildman–Crippen LogP) is 5.30. The van der Waals surface area contributed by atoms with Crippen LogP contribution in [-0.2, 0) is 17.5 Å². The van der Waals surface area contributed by atoms with E-state index in [1.807, 2.05) is 30.3 Å². The fourth-order valence-corrected chi connectivity index (χ4v) is 3.56. The van der Waals surface area contributed by atoms with Gasteiger partial charge in [-0.2, -0.15) is 18.2 Å². The second kappa shape index (κ2) is 10.4. The maximum Gasteiger partial charge on any atom is 0.416 e. The van der Waals surface area contributed by atoms with E-state index in [-0.39, 0.29) is 11.5 Å². The van der Waals surface area contributed by atoms with Crippen molar-refractivity contribution in [1.82, 2.24) is 20.1 Å². The zero-order valence-electron chi connectivity index (χ0n) is 20.4. The first kappa shape index (κ1) is 26.5. The number of benzene rings is 3. The summed E-state index contributed by atoms with van der Waals surface area (Å²) < 4.78 is 53.4. The Bertz CT molecular complexity index is 1430. The third kappa shape index (κ3) is 6.23. The molecule has 2 amide bonds. The van der Waals surface area contributed by atoms with Crippen molar-refractivity contribution in [3.8, 4) is 11.4 Å². The average Bonchev–Trinajstić information content (AvgIpc) is 3.26. The summed E-state index contributed by atoms with van der Waals surface area (Å²) in [4.78, 5) is 30.1. The minimum absolute atomic E-state index is 0.0391. The fraction of sp³-hybridized carbons (Fsp3) is 0.185. The minimum Gasteiger partial charge on any atom is -0.338 e. The molecule has 7 nitrogen and oxygen atoms in total. The SMILES string of the molecule is CC(C)(NC(=O)c1ccc(C(F)(F)F)cc1)C(=O)Nc1nc(-c2ccc(F)cc2)n(Cc2ccccc2)n1. The highest BCUT2D eigenvalue weighted by Gasteiger charge is 2.33. The number of anilines is 1. The quantitative estimate of drug-likeness (QED) is 0.321. The standard InChI is InChI=1S/C27H23F4N5O2/c1-26(2,34-23(37)19-8-12-20(13-9-19)27(29,30)31)24(38)33-25-32-22(18-10-14-21(28)15-11-18)36(35-25)16-17-6-4-3-5-7-17/h3-15H,16H2,1-2H3,(H,34,37)(H,33,35,38). The number of halogens is 4. The number of alkyl halides is 3. The Hall–Kier alpha value is -4.54. The van der Waals surface area contributed by atoms with Crippen molar-refractivity contribution in [3.05, 3.63) is 101 Å². The van der Waals surface area contributed by atoms with Crippen LogP contribution in [0.4, 0.5) is 23.5 Å². The number of hydrogen-bond acceptors (Lipinski definition) is 4. The minimum atomic E-state index is -4.53. The van der Waals surface area contributed by atoms with E-state index in [0.29, 0.717) is 17.9 Å². The molecule has 196 valence electrons. The van der Waals surface area contributed by atoms with Crippen LogP contribution in [0.25, 0.3) is 11.4 Å². The van der Waals surface area contributed by atoms with Gasteiger partial charge in [-0.05, 0) is 67.9 Å². The smallest absolute Gasteiger partial charge is 0.338 e. The van der Waals surface area contributed by atoms with Gasteiger partial charge in [0.1, 0.15) is 11.4 Å². The third-order valence-electron chi connectivity index (χ3n) is 5.64. The molecule has 2 N–H and O–H groups in total. The van der Waals surface area contributed by atoms with Gasteiger partial charge in [-0.1, -0.05) is 30.3 Å². The predicted molar refractivity (Wildman–Crippen MR) is 133 cm³/mol. The normalized spacial score (nSPS) is 11.7. The molecular weight excluding hydrogens is 502 g/mol. The van der Waals surface area contributed by atoms with Crippen LogP contribution in [0.5, 0.6) is 0 Å². The fourth-order valence-electron chi connectivity index (χ4n) is 3.56. The largest absolute Gasteiger partial charge is 0.416 e. The van der Waals surface area contributed by atoms with E-state index in [1.54, 1.807) is 16.8 Å². The molecule has 0 radical (unpaired) electrons. The van der Waals surface area contributed by atoms with Gasteiger partial charge in [-0.15, -0.1) is 5.10 Å². The lowest BCUT2D eigenvalue weighted by Crippen LogP contribution is -2.52. The van der Waals surface area contributed by atoms with Gasteiger partial charge in [-0.3, -0.25) is 14.9 Å². The van der Waals surface area contributed by atoms with Gasteiger partial charge in [0.15, 0.2) is 5.82 Å². The van der Waals surface area contributed by atoms with Crippen molar-refractivity contribution in [1.29, 1.82) is 0 Å². The highest BCUT2D eigenvalue weighted by Crippen LogP contribution is 2.29. The first-order valence-corrected chi connectivity index (χ1v) is 11.5. The van der Waals surface area contributed by atoms with Crippen LogP contribution in [0.2, 0.25) is 0 Å². The molecule has 1 heterocycles. The van der Waals surface area contributed by atoms with Crippen molar-refractivity contribution in [2.45, 2.75) is 32.1 Å². The molecule has 0 saturated heterocycles. The Morgan fingerprint density at radius 3 is 2.13 bits per heavy atom. The molecule has 0 fully saturated rings. The van der Waals surface area contributed by atoms with E-state index in [9.17, 15) is 27.2 Å². The van der Waals surface area contributed by atoms with Gasteiger partial charge in [-0.25, -0.2) is 9.07 Å². The van der Waals surface area contributed by atoms with Crippen molar-refractivity contribution in [2.75, 3.05) is 5.32 Å². The van der Waals surface area contributed by atoms with Gasteiger partial charge in [0.05, 0.1) is 12.1 Å². The molecule has 0 spiro atoms. The number of nitrogens with one attached hydrogen (secondary N) is 2. The molecule has 0 aliphatic rings. The van der Waals surface area contributed by atoms with Crippen molar-refractivity contribution < 1.29 is 27.2 Å². The van der Waals surface area contributed by atoms with E-state index in [4.69, 9.17) is 0 Å². The maximum atomic E-state index is 13.5. The number of rotatable bonds is 7. The molecule has 1 aromatic heterocycles. The van der Waals surface area contributed by atoms with E-state index in [2.05, 4.69) is 20.7 Å². The molecule has 3 aromatic carbocycles. The van der Waals surface area contributed by atoms with Crippen LogP contribution < -0.4 is 10.6 Å². The van der Waals surface area contributed by atoms with E-state index in [1.165, 1.54) is 26.0 Å². The molecule has 0 atom stereocenters. The number of hydrogen-bond donors (Lipinski definition) is 2. The zero-order valence-corrected chi connectivity index (χ0v) is 20.4. The van der Waals surface area contributed by atoms with E-state index in [0.717, 1.165) is 29.8 Å². The van der Waals surface area contributed by atoms with Gasteiger partial charge < -0.3 is 5.32 Å². The second-order valence-corrected chi connectivity index (χ2v) is 9.02. The van der Waals surface area contributed by atoms with E-state index < -0.39 is 34.9 Å². The first-order chi connectivity index (χ1) is 17.9. The average molecular weight is 526 g/mol. The molecule has 0 aliphatic carbocycles. The molecular formula is C27H23F4N5O2. The Morgan fingerprint density at radius 1 is 0.895 bits per heavy atom. The summed E-state index contributed by atoms with van der Waals surface area (Å²) in [7, 11) is 0. The van der Waals surface area contributed by atoms with Crippen LogP contribution in [0, 0.1) is 5.82 Å². The van der Waals surface area contributed by atoms with Crippen LogP contribution >= 0.6 is 0 Å². The second-order valence-electron chi connectivity index (χ2n) is 9.02.